The predicted molar refractivity (Wildman–Crippen MR) is 102 cm³/mol. The number of thioether (sulfide) groups is 1. The molecule has 0 saturated heterocycles. The lowest BCUT2D eigenvalue weighted by Gasteiger charge is -2.18. The fourth-order valence-electron chi connectivity index (χ4n) is 2.87. The fourth-order valence-corrected chi connectivity index (χ4v) is 4.89. The molecule has 0 fully saturated rings. The summed E-state index contributed by atoms with van der Waals surface area (Å²) in [4.78, 5) is 29.9. The number of aromatic amines is 1. The van der Waals surface area contributed by atoms with Gasteiger partial charge < -0.3 is 15.8 Å². The normalized spacial score (nSPS) is 16.2. The van der Waals surface area contributed by atoms with Crippen LogP contribution in [0.3, 0.4) is 0 Å². The second-order valence-corrected chi connectivity index (χ2v) is 8.16. The number of esters is 1. The number of carbonyl (C=O) groups is 2. The number of nitrogens with one attached hydrogen (secondary N) is 2. The lowest BCUT2D eigenvalue weighted by atomic mass is 9.88. The van der Waals surface area contributed by atoms with Crippen LogP contribution in [0, 0.1) is 5.92 Å². The van der Waals surface area contributed by atoms with Gasteiger partial charge in [0.25, 0.3) is 0 Å². The number of thiophene rings is 1. The van der Waals surface area contributed by atoms with E-state index >= 15 is 0 Å². The Kier molecular flexibility index (Phi) is 5.82. The van der Waals surface area contributed by atoms with Crippen LogP contribution in [0.4, 0.5) is 10.9 Å². The number of nitrogens with two attached hydrogens (primary N) is 1. The number of amides is 1. The first-order valence-corrected chi connectivity index (χ1v) is 10.2. The molecular formula is C16H21N5O3S2. The van der Waals surface area contributed by atoms with Crippen molar-refractivity contribution in [2.24, 2.45) is 5.92 Å². The summed E-state index contributed by atoms with van der Waals surface area (Å²) >= 11 is 2.65. The molecule has 1 aliphatic carbocycles. The van der Waals surface area contributed by atoms with Gasteiger partial charge in [-0.15, -0.1) is 16.4 Å². The van der Waals surface area contributed by atoms with Crippen LogP contribution < -0.4 is 11.1 Å². The van der Waals surface area contributed by atoms with Crippen LogP contribution in [-0.2, 0) is 22.4 Å². The first-order valence-electron chi connectivity index (χ1n) is 8.40. The van der Waals surface area contributed by atoms with Crippen molar-refractivity contribution in [1.82, 2.24) is 15.2 Å². The SMILES string of the molecule is CCOC(=O)c1c(NC(=O)CSc2n[nH]c(N)n2)sc2c1CC[C@@H](C)C2. The van der Waals surface area contributed by atoms with E-state index in [-0.39, 0.29) is 23.6 Å². The third kappa shape index (κ3) is 4.18. The molecule has 2 aromatic rings. The monoisotopic (exact) mass is 395 g/mol. The van der Waals surface area contributed by atoms with Gasteiger partial charge in [0.1, 0.15) is 5.00 Å². The van der Waals surface area contributed by atoms with Crippen molar-refractivity contribution in [3.05, 3.63) is 16.0 Å². The van der Waals surface area contributed by atoms with Crippen LogP contribution in [0.25, 0.3) is 0 Å². The quantitative estimate of drug-likeness (QED) is 0.507. The van der Waals surface area contributed by atoms with Gasteiger partial charge in [-0.05, 0) is 37.7 Å². The Labute approximate surface area is 159 Å². The van der Waals surface area contributed by atoms with Crippen LogP contribution in [0.1, 0.15) is 41.1 Å². The average Bonchev–Trinajstić information content (AvgIpc) is 3.15. The topological polar surface area (TPSA) is 123 Å². The van der Waals surface area contributed by atoms with Gasteiger partial charge >= 0.3 is 5.97 Å². The van der Waals surface area contributed by atoms with Crippen molar-refractivity contribution in [3.63, 3.8) is 0 Å². The summed E-state index contributed by atoms with van der Waals surface area (Å²) in [6, 6.07) is 0. The minimum absolute atomic E-state index is 0.124. The van der Waals surface area contributed by atoms with Crippen molar-refractivity contribution in [2.45, 2.75) is 38.3 Å². The second-order valence-electron chi connectivity index (χ2n) is 6.12. The summed E-state index contributed by atoms with van der Waals surface area (Å²) in [5.74, 6) is 0.308. The summed E-state index contributed by atoms with van der Waals surface area (Å²) in [7, 11) is 0. The molecule has 0 aromatic carbocycles. The van der Waals surface area contributed by atoms with E-state index in [1.54, 1.807) is 6.92 Å². The molecule has 3 rings (SSSR count). The number of aromatic nitrogens is 3. The van der Waals surface area contributed by atoms with Gasteiger partial charge in [0.2, 0.25) is 17.0 Å². The lowest BCUT2D eigenvalue weighted by molar-refractivity contribution is -0.113. The summed E-state index contributed by atoms with van der Waals surface area (Å²) in [5, 5.41) is 10.2. The molecule has 1 amide bonds. The number of H-pyrrole nitrogens is 1. The number of nitrogens with zero attached hydrogens (tertiary/aromatic N) is 2. The molecule has 0 unspecified atom stereocenters. The van der Waals surface area contributed by atoms with Gasteiger partial charge in [0.15, 0.2) is 0 Å². The highest BCUT2D eigenvalue weighted by atomic mass is 32.2. The number of fused-ring (bicyclic) bond motifs is 1. The molecule has 140 valence electrons. The van der Waals surface area contributed by atoms with E-state index in [0.717, 1.165) is 29.7 Å². The molecule has 0 saturated carbocycles. The van der Waals surface area contributed by atoms with E-state index in [2.05, 4.69) is 27.4 Å². The maximum atomic E-state index is 12.4. The lowest BCUT2D eigenvalue weighted by Crippen LogP contribution is -2.17. The molecule has 10 heteroatoms. The summed E-state index contributed by atoms with van der Waals surface area (Å²) in [6.45, 7) is 4.27. The molecule has 0 bridgehead atoms. The van der Waals surface area contributed by atoms with Crippen LogP contribution in [0.2, 0.25) is 0 Å². The first-order chi connectivity index (χ1) is 12.5. The number of anilines is 2. The zero-order valence-corrected chi connectivity index (χ0v) is 16.3. The van der Waals surface area contributed by atoms with Gasteiger partial charge in [0, 0.05) is 4.88 Å². The Morgan fingerprint density at radius 2 is 2.31 bits per heavy atom. The van der Waals surface area contributed by atoms with Crippen LogP contribution >= 0.6 is 23.1 Å². The number of ether oxygens (including phenoxy) is 1. The largest absolute Gasteiger partial charge is 0.462 e. The summed E-state index contributed by atoms with van der Waals surface area (Å²) < 4.78 is 5.21. The smallest absolute Gasteiger partial charge is 0.341 e. The van der Waals surface area contributed by atoms with Crippen LogP contribution in [0.5, 0.6) is 0 Å². The maximum Gasteiger partial charge on any atom is 0.341 e. The van der Waals surface area contributed by atoms with E-state index in [1.807, 2.05) is 0 Å². The molecule has 26 heavy (non-hydrogen) atoms. The summed E-state index contributed by atoms with van der Waals surface area (Å²) in [6.07, 6.45) is 2.79. The molecule has 0 aliphatic heterocycles. The molecule has 8 nitrogen and oxygen atoms in total. The van der Waals surface area contributed by atoms with E-state index in [0.29, 0.717) is 28.2 Å². The van der Waals surface area contributed by atoms with Gasteiger partial charge in [0.05, 0.1) is 17.9 Å². The standard InChI is InChI=1S/C16H21N5O3S2/c1-3-24-14(23)12-9-5-4-8(2)6-10(9)26-13(12)18-11(22)7-25-16-19-15(17)20-21-16/h8H,3-7H2,1-2H3,(H,18,22)(H3,17,19,20,21)/t8-/m1/s1. The van der Waals surface area contributed by atoms with Crippen LogP contribution in [0.15, 0.2) is 5.16 Å². The van der Waals surface area contributed by atoms with E-state index in [9.17, 15) is 9.59 Å². The number of nitrogen functional groups attached to an aromatic ring is 1. The fraction of sp³-hybridized carbons (Fsp3) is 0.500. The van der Waals surface area contributed by atoms with Crippen molar-refractivity contribution in [3.8, 4) is 0 Å². The summed E-state index contributed by atoms with van der Waals surface area (Å²) in [5.41, 5.74) is 7.00. The minimum Gasteiger partial charge on any atom is -0.462 e. The predicted octanol–water partition coefficient (Wildman–Crippen LogP) is 2.48. The molecule has 2 heterocycles. The molecule has 4 N–H and O–H groups in total. The molecular weight excluding hydrogens is 374 g/mol. The van der Waals surface area contributed by atoms with E-state index in [4.69, 9.17) is 10.5 Å². The van der Waals surface area contributed by atoms with Crippen molar-refractivity contribution in [2.75, 3.05) is 23.4 Å². The molecule has 1 atom stereocenters. The third-order valence-corrected chi connectivity index (χ3v) is 6.08. The minimum atomic E-state index is -0.371. The van der Waals surface area contributed by atoms with E-state index in [1.165, 1.54) is 23.1 Å². The Hall–Kier alpha value is -2.07. The zero-order valence-electron chi connectivity index (χ0n) is 14.6. The zero-order chi connectivity index (χ0) is 18.7. The maximum absolute atomic E-state index is 12.4. The highest BCUT2D eigenvalue weighted by Gasteiger charge is 2.29. The average molecular weight is 396 g/mol. The second kappa shape index (κ2) is 8.09. The number of hydrogen-bond donors (Lipinski definition) is 3. The van der Waals surface area contributed by atoms with Gasteiger partial charge in [-0.2, -0.15) is 4.98 Å². The van der Waals surface area contributed by atoms with Crippen molar-refractivity contribution < 1.29 is 14.3 Å². The van der Waals surface area contributed by atoms with E-state index < -0.39 is 0 Å². The Morgan fingerprint density at radius 3 is 3.00 bits per heavy atom. The molecule has 2 aromatic heterocycles. The van der Waals surface area contributed by atoms with Gasteiger partial charge in [-0.3, -0.25) is 4.79 Å². The number of hydrogen-bond acceptors (Lipinski definition) is 8. The Morgan fingerprint density at radius 1 is 1.50 bits per heavy atom. The number of carbonyl (C=O) groups excluding carboxylic acids is 2. The van der Waals surface area contributed by atoms with Gasteiger partial charge in [-0.25, -0.2) is 9.89 Å². The Bertz CT molecular complexity index is 817. The third-order valence-electron chi connectivity index (χ3n) is 4.06. The molecule has 1 aliphatic rings. The number of rotatable bonds is 6. The highest BCUT2D eigenvalue weighted by molar-refractivity contribution is 7.99. The van der Waals surface area contributed by atoms with Crippen molar-refractivity contribution in [1.29, 1.82) is 0 Å². The van der Waals surface area contributed by atoms with Crippen molar-refractivity contribution >= 4 is 45.9 Å². The molecule has 0 spiro atoms. The highest BCUT2D eigenvalue weighted by Crippen LogP contribution is 2.40. The Balaban J connectivity index is 1.75. The van der Waals surface area contributed by atoms with Crippen LogP contribution in [-0.4, -0.2) is 39.4 Å². The molecule has 0 radical (unpaired) electrons. The first kappa shape index (κ1) is 18.7. The van der Waals surface area contributed by atoms with Gasteiger partial charge in [-0.1, -0.05) is 18.7 Å².